The monoisotopic (exact) mass is 265 g/mol. The van der Waals surface area contributed by atoms with Gasteiger partial charge < -0.3 is 9.84 Å². The van der Waals surface area contributed by atoms with Crippen LogP contribution >= 0.6 is 0 Å². The van der Waals surface area contributed by atoms with Crippen LogP contribution in [0.2, 0.25) is 0 Å². The van der Waals surface area contributed by atoms with Gasteiger partial charge in [-0.05, 0) is 5.92 Å². The van der Waals surface area contributed by atoms with Crippen molar-refractivity contribution < 1.29 is 27.9 Å². The van der Waals surface area contributed by atoms with Gasteiger partial charge in [-0.25, -0.2) is 12.7 Å². The molecule has 1 saturated heterocycles. The standard InChI is InChI=1S/C9H15NO6S/c1-6-3-10(4-7(6)9(12)13)17(14,15)5-8(11)16-2/h6-7H,3-5H2,1-2H3,(H,12,13)/t6-,7-/m1/s1. The van der Waals surface area contributed by atoms with Crippen molar-refractivity contribution in [2.24, 2.45) is 11.8 Å². The van der Waals surface area contributed by atoms with Crippen LogP contribution in [0.3, 0.4) is 0 Å². The predicted octanol–water partition coefficient (Wildman–Crippen LogP) is -0.858. The molecule has 0 aromatic heterocycles. The summed E-state index contributed by atoms with van der Waals surface area (Å²) in [7, 11) is -2.67. The van der Waals surface area contributed by atoms with Gasteiger partial charge in [-0.1, -0.05) is 6.92 Å². The number of esters is 1. The molecular formula is C9H15NO6S. The van der Waals surface area contributed by atoms with Gasteiger partial charge >= 0.3 is 11.9 Å². The van der Waals surface area contributed by atoms with E-state index in [0.717, 1.165) is 11.4 Å². The number of rotatable bonds is 4. The zero-order chi connectivity index (χ0) is 13.2. The van der Waals surface area contributed by atoms with Crippen molar-refractivity contribution in [2.75, 3.05) is 26.0 Å². The molecule has 1 fully saturated rings. The van der Waals surface area contributed by atoms with Crippen LogP contribution in [0.15, 0.2) is 0 Å². The van der Waals surface area contributed by atoms with E-state index in [1.54, 1.807) is 6.92 Å². The van der Waals surface area contributed by atoms with Gasteiger partial charge in [-0.15, -0.1) is 0 Å². The van der Waals surface area contributed by atoms with Gasteiger partial charge in [0.25, 0.3) is 0 Å². The number of carbonyl (C=O) groups is 2. The van der Waals surface area contributed by atoms with Crippen LogP contribution in [0.1, 0.15) is 6.92 Å². The fourth-order valence-corrected chi connectivity index (χ4v) is 3.22. The van der Waals surface area contributed by atoms with Crippen molar-refractivity contribution in [3.63, 3.8) is 0 Å². The summed E-state index contributed by atoms with van der Waals surface area (Å²) in [5.41, 5.74) is 0. The molecule has 0 aromatic carbocycles. The van der Waals surface area contributed by atoms with Crippen molar-refractivity contribution in [3.05, 3.63) is 0 Å². The number of methoxy groups -OCH3 is 1. The van der Waals surface area contributed by atoms with Crippen LogP contribution in [0, 0.1) is 11.8 Å². The first-order valence-electron chi connectivity index (χ1n) is 5.05. The molecule has 7 nitrogen and oxygen atoms in total. The largest absolute Gasteiger partial charge is 0.481 e. The maximum atomic E-state index is 11.7. The summed E-state index contributed by atoms with van der Waals surface area (Å²) >= 11 is 0. The number of ether oxygens (including phenoxy) is 1. The van der Waals surface area contributed by atoms with Crippen LogP contribution in [0.4, 0.5) is 0 Å². The predicted molar refractivity (Wildman–Crippen MR) is 57.7 cm³/mol. The Morgan fingerprint density at radius 2 is 2.00 bits per heavy atom. The summed E-state index contributed by atoms with van der Waals surface area (Å²) in [6.45, 7) is 1.71. The molecule has 1 heterocycles. The molecule has 1 aliphatic heterocycles. The molecule has 0 spiro atoms. The molecule has 98 valence electrons. The summed E-state index contributed by atoms with van der Waals surface area (Å²) in [6, 6.07) is 0. The van der Waals surface area contributed by atoms with Crippen molar-refractivity contribution in [3.8, 4) is 0 Å². The van der Waals surface area contributed by atoms with Gasteiger partial charge in [-0.2, -0.15) is 0 Å². The van der Waals surface area contributed by atoms with Crippen LogP contribution in [0.5, 0.6) is 0 Å². The zero-order valence-corrected chi connectivity index (χ0v) is 10.4. The van der Waals surface area contributed by atoms with Gasteiger partial charge in [0.15, 0.2) is 5.75 Å². The van der Waals surface area contributed by atoms with Gasteiger partial charge in [0, 0.05) is 13.1 Å². The summed E-state index contributed by atoms with van der Waals surface area (Å²) < 4.78 is 28.8. The molecule has 17 heavy (non-hydrogen) atoms. The lowest BCUT2D eigenvalue weighted by Gasteiger charge is -2.14. The third-order valence-corrected chi connectivity index (χ3v) is 4.50. The molecule has 0 bridgehead atoms. The minimum Gasteiger partial charge on any atom is -0.481 e. The summed E-state index contributed by atoms with van der Waals surface area (Å²) in [5, 5.41) is 8.88. The highest BCUT2D eigenvalue weighted by molar-refractivity contribution is 7.89. The number of hydrogen-bond acceptors (Lipinski definition) is 5. The average molecular weight is 265 g/mol. The Kier molecular flexibility index (Phi) is 4.10. The van der Waals surface area contributed by atoms with Crippen LogP contribution < -0.4 is 0 Å². The van der Waals surface area contributed by atoms with Crippen molar-refractivity contribution in [1.82, 2.24) is 4.31 Å². The SMILES string of the molecule is COC(=O)CS(=O)(=O)N1C[C@@H](C)[C@H](C(=O)O)C1. The maximum Gasteiger partial charge on any atom is 0.322 e. The Bertz CT molecular complexity index is 417. The van der Waals surface area contributed by atoms with Gasteiger partial charge in [0.1, 0.15) is 0 Å². The molecular weight excluding hydrogens is 250 g/mol. The van der Waals surface area contributed by atoms with Crippen LogP contribution in [0.25, 0.3) is 0 Å². The van der Waals surface area contributed by atoms with Crippen LogP contribution in [-0.2, 0) is 24.3 Å². The number of carboxylic acids is 1. The average Bonchev–Trinajstić information content (AvgIpc) is 2.60. The first kappa shape index (κ1) is 13.9. The Hall–Kier alpha value is -1.15. The van der Waals surface area contributed by atoms with Crippen molar-refractivity contribution >= 4 is 22.0 Å². The van der Waals surface area contributed by atoms with Crippen LogP contribution in [-0.4, -0.2) is 55.7 Å². The Balaban J connectivity index is 2.76. The smallest absolute Gasteiger partial charge is 0.322 e. The first-order chi connectivity index (χ1) is 7.77. The van der Waals surface area contributed by atoms with E-state index in [4.69, 9.17) is 5.11 Å². The molecule has 0 aliphatic carbocycles. The molecule has 1 aliphatic rings. The third-order valence-electron chi connectivity index (χ3n) is 2.82. The highest BCUT2D eigenvalue weighted by Crippen LogP contribution is 2.25. The maximum absolute atomic E-state index is 11.7. The van der Waals surface area contributed by atoms with E-state index in [2.05, 4.69) is 4.74 Å². The van der Waals surface area contributed by atoms with E-state index >= 15 is 0 Å². The lowest BCUT2D eigenvalue weighted by Crippen LogP contribution is -2.34. The summed E-state index contributed by atoms with van der Waals surface area (Å²) in [6.07, 6.45) is 0. The summed E-state index contributed by atoms with van der Waals surface area (Å²) in [4.78, 5) is 21.8. The topological polar surface area (TPSA) is 101 Å². The second kappa shape index (κ2) is 5.01. The Morgan fingerprint density at radius 3 is 2.41 bits per heavy atom. The highest BCUT2D eigenvalue weighted by atomic mass is 32.2. The third kappa shape index (κ3) is 3.16. The molecule has 1 rings (SSSR count). The number of hydrogen-bond donors (Lipinski definition) is 1. The molecule has 0 saturated carbocycles. The first-order valence-corrected chi connectivity index (χ1v) is 6.66. The fraction of sp³-hybridized carbons (Fsp3) is 0.778. The molecule has 0 unspecified atom stereocenters. The van der Waals surface area contributed by atoms with E-state index in [0.29, 0.717) is 0 Å². The molecule has 8 heteroatoms. The number of aliphatic carboxylic acids is 1. The quantitative estimate of drug-likeness (QED) is 0.664. The molecule has 1 N–H and O–H groups in total. The molecule has 0 radical (unpaired) electrons. The number of carbonyl (C=O) groups excluding carboxylic acids is 1. The number of sulfonamides is 1. The highest BCUT2D eigenvalue weighted by Gasteiger charge is 2.40. The molecule has 0 aromatic rings. The molecule has 0 amide bonds. The minimum absolute atomic E-state index is 0.0875. The van der Waals surface area contributed by atoms with E-state index < -0.39 is 33.6 Å². The summed E-state index contributed by atoms with van der Waals surface area (Å²) in [5.74, 6) is -3.60. The second-order valence-electron chi connectivity index (χ2n) is 4.07. The van der Waals surface area contributed by atoms with E-state index in [1.807, 2.05) is 0 Å². The van der Waals surface area contributed by atoms with E-state index in [9.17, 15) is 18.0 Å². The normalized spacial score (nSPS) is 25.8. The fourth-order valence-electron chi connectivity index (χ4n) is 1.77. The number of carboxylic acid groups (broad SMARTS) is 1. The van der Waals surface area contributed by atoms with Gasteiger partial charge in [-0.3, -0.25) is 9.59 Å². The number of nitrogens with zero attached hydrogens (tertiary/aromatic N) is 1. The van der Waals surface area contributed by atoms with Gasteiger partial charge in [0.05, 0.1) is 13.0 Å². The Labute approximate surface area is 99.4 Å². The Morgan fingerprint density at radius 1 is 1.41 bits per heavy atom. The second-order valence-corrected chi connectivity index (χ2v) is 6.04. The van der Waals surface area contributed by atoms with E-state index in [-0.39, 0.29) is 19.0 Å². The zero-order valence-electron chi connectivity index (χ0n) is 9.62. The van der Waals surface area contributed by atoms with E-state index in [1.165, 1.54) is 0 Å². The molecule has 2 atom stereocenters. The van der Waals surface area contributed by atoms with Crippen molar-refractivity contribution in [2.45, 2.75) is 6.92 Å². The van der Waals surface area contributed by atoms with Gasteiger partial charge in [0.2, 0.25) is 10.0 Å². The van der Waals surface area contributed by atoms with Crippen molar-refractivity contribution in [1.29, 1.82) is 0 Å². The minimum atomic E-state index is -3.78. The lowest BCUT2D eigenvalue weighted by atomic mass is 9.99. The lowest BCUT2D eigenvalue weighted by molar-refractivity contribution is -0.142.